The number of rotatable bonds is 2. The Morgan fingerprint density at radius 3 is 2.78 bits per heavy atom. The van der Waals surface area contributed by atoms with Crippen LogP contribution in [-0.4, -0.2) is 37.3 Å². The lowest BCUT2D eigenvalue weighted by Gasteiger charge is -2.34. The average Bonchev–Trinajstić information content (AvgIpc) is 3.17. The van der Waals surface area contributed by atoms with Crippen molar-refractivity contribution in [3.8, 4) is 0 Å². The number of aromatic amines is 1. The van der Waals surface area contributed by atoms with Crippen LogP contribution in [0.25, 0.3) is 22.1 Å². The van der Waals surface area contributed by atoms with Crippen LogP contribution in [0.1, 0.15) is 41.5 Å². The first-order chi connectivity index (χ1) is 13.3. The standard InChI is InChI=1S/C21H19N5O/c27-21(14-6-5-9-17-19(14)23-12-11-22-17)26-13-4-3-10-18(26)20-24-15-7-1-2-8-16(15)25-20/h1-2,5-9,11-12,18H,3-4,10,13H2,(H,24,25)/t18-/m0/s1. The lowest BCUT2D eigenvalue weighted by atomic mass is 9.99. The number of hydrogen-bond acceptors (Lipinski definition) is 4. The van der Waals surface area contributed by atoms with Crippen molar-refractivity contribution in [1.29, 1.82) is 0 Å². The van der Waals surface area contributed by atoms with Gasteiger partial charge in [0.15, 0.2) is 0 Å². The van der Waals surface area contributed by atoms with Crippen LogP contribution in [-0.2, 0) is 0 Å². The van der Waals surface area contributed by atoms with Crippen LogP contribution in [0.2, 0.25) is 0 Å². The summed E-state index contributed by atoms with van der Waals surface area (Å²) >= 11 is 0. The van der Waals surface area contributed by atoms with Crippen LogP contribution in [0.4, 0.5) is 0 Å². The number of H-pyrrole nitrogens is 1. The van der Waals surface area contributed by atoms with Crippen molar-refractivity contribution in [3.05, 3.63) is 66.2 Å². The average molecular weight is 357 g/mol. The first-order valence-electron chi connectivity index (χ1n) is 9.26. The Morgan fingerprint density at radius 2 is 1.85 bits per heavy atom. The molecule has 1 N–H and O–H groups in total. The first kappa shape index (κ1) is 15.9. The molecule has 5 rings (SSSR count). The quantitative estimate of drug-likeness (QED) is 0.591. The Labute approximate surface area is 156 Å². The van der Waals surface area contributed by atoms with E-state index in [1.165, 1.54) is 0 Å². The van der Waals surface area contributed by atoms with E-state index in [-0.39, 0.29) is 11.9 Å². The summed E-state index contributed by atoms with van der Waals surface area (Å²) in [6, 6.07) is 13.5. The molecule has 1 aliphatic heterocycles. The normalized spacial score (nSPS) is 17.5. The van der Waals surface area contributed by atoms with Gasteiger partial charge in [-0.25, -0.2) is 4.98 Å². The molecule has 134 valence electrons. The van der Waals surface area contributed by atoms with E-state index in [1.54, 1.807) is 12.4 Å². The predicted octanol–water partition coefficient (Wildman–Crippen LogP) is 3.87. The molecule has 0 unspecified atom stereocenters. The molecule has 1 aliphatic rings. The minimum Gasteiger partial charge on any atom is -0.340 e. The molecular formula is C21H19N5O. The number of fused-ring (bicyclic) bond motifs is 2. The summed E-state index contributed by atoms with van der Waals surface area (Å²) in [5, 5.41) is 0. The fraction of sp³-hybridized carbons (Fsp3) is 0.238. The van der Waals surface area contributed by atoms with Crippen molar-refractivity contribution in [2.45, 2.75) is 25.3 Å². The Hall–Kier alpha value is -3.28. The number of likely N-dealkylation sites (tertiary alicyclic amines) is 1. The number of aromatic nitrogens is 4. The van der Waals surface area contributed by atoms with Gasteiger partial charge in [0.1, 0.15) is 11.3 Å². The van der Waals surface area contributed by atoms with E-state index >= 15 is 0 Å². The highest BCUT2D eigenvalue weighted by Gasteiger charge is 2.31. The molecule has 0 saturated carbocycles. The van der Waals surface area contributed by atoms with Crippen molar-refractivity contribution in [2.24, 2.45) is 0 Å². The minimum atomic E-state index is -0.0504. The molecule has 1 amide bonds. The van der Waals surface area contributed by atoms with Crippen LogP contribution in [0.3, 0.4) is 0 Å². The number of nitrogens with zero attached hydrogens (tertiary/aromatic N) is 4. The van der Waals surface area contributed by atoms with Crippen molar-refractivity contribution in [2.75, 3.05) is 6.54 Å². The molecule has 0 bridgehead atoms. The predicted molar refractivity (Wildman–Crippen MR) is 103 cm³/mol. The number of para-hydroxylation sites is 3. The van der Waals surface area contributed by atoms with Gasteiger partial charge >= 0.3 is 0 Å². The fourth-order valence-electron chi connectivity index (χ4n) is 3.91. The monoisotopic (exact) mass is 357 g/mol. The van der Waals surface area contributed by atoms with Crippen LogP contribution >= 0.6 is 0 Å². The molecular weight excluding hydrogens is 338 g/mol. The summed E-state index contributed by atoms with van der Waals surface area (Å²) in [7, 11) is 0. The van der Waals surface area contributed by atoms with Gasteiger partial charge in [0.25, 0.3) is 5.91 Å². The number of piperidine rings is 1. The zero-order chi connectivity index (χ0) is 18.2. The minimum absolute atomic E-state index is 0.00810. The fourth-order valence-corrected chi connectivity index (χ4v) is 3.91. The van der Waals surface area contributed by atoms with Crippen LogP contribution < -0.4 is 0 Å². The van der Waals surface area contributed by atoms with E-state index in [0.717, 1.165) is 48.2 Å². The number of nitrogens with one attached hydrogen (secondary N) is 1. The molecule has 2 aromatic carbocycles. The summed E-state index contributed by atoms with van der Waals surface area (Å²) < 4.78 is 0. The lowest BCUT2D eigenvalue weighted by molar-refractivity contribution is 0.0603. The van der Waals surface area contributed by atoms with Gasteiger partial charge in [-0.05, 0) is 43.5 Å². The molecule has 3 heterocycles. The third-order valence-corrected chi connectivity index (χ3v) is 5.22. The van der Waals surface area contributed by atoms with Gasteiger partial charge in [-0.15, -0.1) is 0 Å². The van der Waals surface area contributed by atoms with E-state index in [0.29, 0.717) is 11.1 Å². The van der Waals surface area contributed by atoms with Gasteiger partial charge in [0.05, 0.1) is 28.2 Å². The highest BCUT2D eigenvalue weighted by Crippen LogP contribution is 2.32. The van der Waals surface area contributed by atoms with Gasteiger partial charge in [0, 0.05) is 18.9 Å². The molecule has 0 radical (unpaired) electrons. The van der Waals surface area contributed by atoms with Crippen molar-refractivity contribution >= 4 is 28.0 Å². The Bertz CT molecular complexity index is 1100. The van der Waals surface area contributed by atoms with Crippen LogP contribution in [0.15, 0.2) is 54.9 Å². The van der Waals surface area contributed by atoms with Crippen molar-refractivity contribution in [3.63, 3.8) is 0 Å². The summed E-state index contributed by atoms with van der Waals surface area (Å²) in [4.78, 5) is 32.2. The molecule has 0 aliphatic carbocycles. The van der Waals surface area contributed by atoms with E-state index in [1.807, 2.05) is 47.4 Å². The zero-order valence-electron chi connectivity index (χ0n) is 14.8. The van der Waals surface area contributed by atoms with Gasteiger partial charge < -0.3 is 9.88 Å². The second kappa shape index (κ2) is 6.46. The second-order valence-electron chi connectivity index (χ2n) is 6.88. The number of carbonyl (C=O) groups excluding carboxylic acids is 1. The van der Waals surface area contributed by atoms with Crippen molar-refractivity contribution in [1.82, 2.24) is 24.8 Å². The van der Waals surface area contributed by atoms with Gasteiger partial charge in [-0.2, -0.15) is 0 Å². The van der Waals surface area contributed by atoms with E-state index in [2.05, 4.69) is 15.0 Å². The molecule has 27 heavy (non-hydrogen) atoms. The Kier molecular flexibility index (Phi) is 3.81. The molecule has 2 aromatic heterocycles. The topological polar surface area (TPSA) is 74.8 Å². The Morgan fingerprint density at radius 1 is 1.00 bits per heavy atom. The third-order valence-electron chi connectivity index (χ3n) is 5.22. The summed E-state index contributed by atoms with van der Waals surface area (Å²) in [6.07, 6.45) is 6.27. The summed E-state index contributed by atoms with van der Waals surface area (Å²) in [5.74, 6) is 0.849. The molecule has 6 nitrogen and oxygen atoms in total. The smallest absolute Gasteiger partial charge is 0.256 e. The molecule has 0 spiro atoms. The maximum Gasteiger partial charge on any atom is 0.256 e. The van der Waals surface area contributed by atoms with E-state index < -0.39 is 0 Å². The van der Waals surface area contributed by atoms with Crippen LogP contribution in [0.5, 0.6) is 0 Å². The Balaban J connectivity index is 1.56. The number of carbonyl (C=O) groups is 1. The maximum absolute atomic E-state index is 13.4. The number of imidazole rings is 1. The number of benzene rings is 2. The van der Waals surface area contributed by atoms with Crippen molar-refractivity contribution < 1.29 is 4.79 Å². The number of amides is 1. The number of hydrogen-bond donors (Lipinski definition) is 1. The van der Waals surface area contributed by atoms with Gasteiger partial charge in [-0.3, -0.25) is 14.8 Å². The largest absolute Gasteiger partial charge is 0.340 e. The second-order valence-corrected chi connectivity index (χ2v) is 6.88. The summed E-state index contributed by atoms with van der Waals surface area (Å²) in [5.41, 5.74) is 3.92. The maximum atomic E-state index is 13.4. The SMILES string of the molecule is O=C(c1cccc2nccnc12)N1CCCC[C@H]1c1nc2ccccc2[nH]1. The van der Waals surface area contributed by atoms with Crippen LogP contribution in [0, 0.1) is 0 Å². The summed E-state index contributed by atoms with van der Waals surface area (Å²) in [6.45, 7) is 0.719. The molecule has 1 saturated heterocycles. The molecule has 6 heteroatoms. The lowest BCUT2D eigenvalue weighted by Crippen LogP contribution is -2.39. The molecule has 4 aromatic rings. The third kappa shape index (κ3) is 2.73. The van der Waals surface area contributed by atoms with E-state index in [4.69, 9.17) is 4.98 Å². The molecule has 1 atom stereocenters. The highest BCUT2D eigenvalue weighted by atomic mass is 16.2. The zero-order valence-corrected chi connectivity index (χ0v) is 14.8. The van der Waals surface area contributed by atoms with Gasteiger partial charge in [0.2, 0.25) is 0 Å². The highest BCUT2D eigenvalue weighted by molar-refractivity contribution is 6.04. The van der Waals surface area contributed by atoms with Gasteiger partial charge in [-0.1, -0.05) is 18.2 Å². The van der Waals surface area contributed by atoms with E-state index in [9.17, 15) is 4.79 Å². The molecule has 1 fully saturated rings. The first-order valence-corrected chi connectivity index (χ1v) is 9.26.